The molecule has 1 atom stereocenters. The van der Waals surface area contributed by atoms with E-state index in [4.69, 9.17) is 0 Å². The van der Waals surface area contributed by atoms with E-state index >= 15 is 0 Å². The van der Waals surface area contributed by atoms with Gasteiger partial charge in [0.2, 0.25) is 0 Å². The summed E-state index contributed by atoms with van der Waals surface area (Å²) in [6.07, 6.45) is 0.882. The third-order valence-electron chi connectivity index (χ3n) is 4.05. The first-order valence-electron chi connectivity index (χ1n) is 6.69. The lowest BCUT2D eigenvalue weighted by molar-refractivity contribution is -0.0378. The molecule has 102 valence electrons. The minimum absolute atomic E-state index is 0.188. The van der Waals surface area contributed by atoms with Gasteiger partial charge in [0.1, 0.15) is 0 Å². The number of carbonyl (C=O) groups is 2. The second-order valence-electron chi connectivity index (χ2n) is 5.16. The van der Waals surface area contributed by atoms with E-state index in [1.165, 1.54) is 0 Å². The van der Waals surface area contributed by atoms with Crippen LogP contribution in [-0.2, 0) is 0 Å². The van der Waals surface area contributed by atoms with Crippen LogP contribution in [0.1, 0.15) is 52.5 Å². The Kier molecular flexibility index (Phi) is 2.83. The summed E-state index contributed by atoms with van der Waals surface area (Å²) >= 11 is 0. The zero-order valence-corrected chi connectivity index (χ0v) is 11.4. The topological polar surface area (TPSA) is 57.6 Å². The Morgan fingerprint density at radius 1 is 1.15 bits per heavy atom. The van der Waals surface area contributed by atoms with E-state index in [-0.39, 0.29) is 11.0 Å². The second kappa shape index (κ2) is 4.42. The molecule has 1 unspecified atom stereocenters. The molecule has 2 aromatic carbocycles. The van der Waals surface area contributed by atoms with Crippen LogP contribution >= 0.6 is 0 Å². The number of carbonyl (C=O) groups excluding carboxylic acids is 2. The van der Waals surface area contributed by atoms with Gasteiger partial charge in [-0.05, 0) is 29.4 Å². The molecule has 4 nitrogen and oxygen atoms in total. The molecule has 0 fully saturated rings. The maximum absolute atomic E-state index is 12.3. The molecule has 0 saturated carbocycles. The minimum Gasteiger partial charge on any atom is -0.278 e. The summed E-state index contributed by atoms with van der Waals surface area (Å²) in [4.78, 5) is 24.3. The summed E-state index contributed by atoms with van der Waals surface area (Å²) in [7, 11) is 0. The van der Waals surface area contributed by atoms with Crippen molar-refractivity contribution >= 4 is 22.6 Å². The molecule has 20 heavy (non-hydrogen) atoms. The minimum atomic E-state index is -0.658. The van der Waals surface area contributed by atoms with Crippen LogP contribution in [0.5, 0.6) is 0 Å². The molecule has 0 aliphatic carbocycles. The van der Waals surface area contributed by atoms with Gasteiger partial charge in [-0.2, -0.15) is 0 Å². The molecule has 2 amide bonds. The highest BCUT2D eigenvalue weighted by molar-refractivity contribution is 6.25. The number of rotatable bonds is 2. The number of hydroxylamine groups is 2. The van der Waals surface area contributed by atoms with E-state index in [1.54, 1.807) is 12.1 Å². The van der Waals surface area contributed by atoms with Crippen molar-refractivity contribution in [2.75, 3.05) is 0 Å². The number of amides is 2. The molecule has 1 aliphatic rings. The molecular weight excluding hydrogens is 254 g/mol. The second-order valence-corrected chi connectivity index (χ2v) is 5.16. The summed E-state index contributed by atoms with van der Waals surface area (Å²) < 4.78 is 0. The smallest absolute Gasteiger partial charge is 0.278 e. The van der Waals surface area contributed by atoms with Crippen LogP contribution in [0.15, 0.2) is 30.3 Å². The summed E-state index contributed by atoms with van der Waals surface area (Å²) in [5, 5.41) is 11.5. The summed E-state index contributed by atoms with van der Waals surface area (Å²) in [5.74, 6) is -1.10. The molecule has 0 saturated heterocycles. The maximum Gasteiger partial charge on any atom is 0.285 e. The van der Waals surface area contributed by atoms with Crippen LogP contribution in [0.3, 0.4) is 0 Å². The molecule has 3 rings (SSSR count). The fourth-order valence-electron chi connectivity index (χ4n) is 2.75. The van der Waals surface area contributed by atoms with Gasteiger partial charge in [-0.15, -0.1) is 5.06 Å². The Bertz CT molecular complexity index is 736. The van der Waals surface area contributed by atoms with Crippen molar-refractivity contribution in [3.8, 4) is 0 Å². The largest absolute Gasteiger partial charge is 0.285 e. The molecule has 0 radical (unpaired) electrons. The summed E-state index contributed by atoms with van der Waals surface area (Å²) in [6.45, 7) is 4.08. The van der Waals surface area contributed by atoms with Crippen LogP contribution in [0.4, 0.5) is 0 Å². The maximum atomic E-state index is 12.3. The Balaban J connectivity index is 2.45. The molecule has 0 bridgehead atoms. The van der Waals surface area contributed by atoms with Crippen molar-refractivity contribution < 1.29 is 14.8 Å². The van der Waals surface area contributed by atoms with E-state index in [2.05, 4.69) is 0 Å². The van der Waals surface area contributed by atoms with E-state index in [9.17, 15) is 14.8 Å². The highest BCUT2D eigenvalue weighted by Gasteiger charge is 2.34. The number of nitrogens with zero attached hydrogens (tertiary/aromatic N) is 1. The molecule has 2 aromatic rings. The van der Waals surface area contributed by atoms with Gasteiger partial charge in [0, 0.05) is 5.39 Å². The monoisotopic (exact) mass is 269 g/mol. The lowest BCUT2D eigenvalue weighted by Gasteiger charge is -2.25. The summed E-state index contributed by atoms with van der Waals surface area (Å²) in [6, 6.07) is 9.11. The van der Waals surface area contributed by atoms with Gasteiger partial charge in [-0.1, -0.05) is 38.1 Å². The number of hydrogen-bond acceptors (Lipinski definition) is 3. The first kappa shape index (κ1) is 12.8. The number of benzene rings is 2. The molecule has 4 heteroatoms. The Morgan fingerprint density at radius 3 is 2.60 bits per heavy atom. The van der Waals surface area contributed by atoms with E-state index < -0.39 is 11.8 Å². The Labute approximate surface area is 116 Å². The van der Waals surface area contributed by atoms with Crippen LogP contribution in [0.2, 0.25) is 0 Å². The number of hydrogen-bond donors (Lipinski definition) is 1. The molecule has 1 heterocycles. The van der Waals surface area contributed by atoms with Crippen LogP contribution < -0.4 is 0 Å². The summed E-state index contributed by atoms with van der Waals surface area (Å²) in [5.41, 5.74) is 1.71. The van der Waals surface area contributed by atoms with Gasteiger partial charge >= 0.3 is 0 Å². The highest BCUT2D eigenvalue weighted by Crippen LogP contribution is 2.35. The first-order valence-corrected chi connectivity index (χ1v) is 6.69. The van der Waals surface area contributed by atoms with Crippen molar-refractivity contribution in [3.05, 3.63) is 47.0 Å². The molecule has 1 N–H and O–H groups in total. The van der Waals surface area contributed by atoms with Crippen molar-refractivity contribution in [1.29, 1.82) is 0 Å². The average Bonchev–Trinajstić information content (AvgIpc) is 2.49. The molecule has 0 aromatic heterocycles. The molecular formula is C16H15NO3. The predicted molar refractivity (Wildman–Crippen MR) is 74.9 cm³/mol. The van der Waals surface area contributed by atoms with Crippen molar-refractivity contribution in [2.24, 2.45) is 0 Å². The number of imide groups is 1. The third kappa shape index (κ3) is 1.58. The van der Waals surface area contributed by atoms with Crippen LogP contribution in [-0.4, -0.2) is 22.1 Å². The first-order chi connectivity index (χ1) is 9.56. The third-order valence-corrected chi connectivity index (χ3v) is 4.05. The van der Waals surface area contributed by atoms with Crippen LogP contribution in [0.25, 0.3) is 10.8 Å². The quantitative estimate of drug-likeness (QED) is 0.672. The van der Waals surface area contributed by atoms with Gasteiger partial charge in [-0.25, -0.2) is 0 Å². The SMILES string of the molecule is CCC(C)c1ccc2cccc3c2c1C(=O)N(O)C3=O. The zero-order chi connectivity index (χ0) is 14.4. The van der Waals surface area contributed by atoms with Gasteiger partial charge in [0.05, 0.1) is 11.1 Å². The van der Waals surface area contributed by atoms with Gasteiger partial charge in [0.15, 0.2) is 0 Å². The highest BCUT2D eigenvalue weighted by atomic mass is 16.5. The van der Waals surface area contributed by atoms with Crippen molar-refractivity contribution in [3.63, 3.8) is 0 Å². The lowest BCUT2D eigenvalue weighted by atomic mass is 9.86. The lowest BCUT2D eigenvalue weighted by Crippen LogP contribution is -2.38. The van der Waals surface area contributed by atoms with E-state index in [0.717, 1.165) is 17.4 Å². The van der Waals surface area contributed by atoms with Gasteiger partial charge in [-0.3, -0.25) is 14.8 Å². The van der Waals surface area contributed by atoms with E-state index in [0.29, 0.717) is 16.5 Å². The van der Waals surface area contributed by atoms with Gasteiger partial charge < -0.3 is 0 Å². The van der Waals surface area contributed by atoms with Crippen molar-refractivity contribution in [1.82, 2.24) is 5.06 Å². The fraction of sp³-hybridized carbons (Fsp3) is 0.250. The van der Waals surface area contributed by atoms with Gasteiger partial charge in [0.25, 0.3) is 11.8 Å². The van der Waals surface area contributed by atoms with E-state index in [1.807, 2.05) is 32.0 Å². The molecule has 1 aliphatic heterocycles. The normalized spacial score (nSPS) is 15.8. The zero-order valence-electron chi connectivity index (χ0n) is 11.4. The predicted octanol–water partition coefficient (Wildman–Crippen LogP) is 3.34. The van der Waals surface area contributed by atoms with Crippen molar-refractivity contribution in [2.45, 2.75) is 26.2 Å². The van der Waals surface area contributed by atoms with Crippen LogP contribution in [0, 0.1) is 0 Å². The Hall–Kier alpha value is -2.20. The standard InChI is InChI=1S/C16H15NO3/c1-3-9(2)11-8-7-10-5-4-6-12-13(10)14(11)16(19)17(20)15(12)18/h4-9,20H,3H2,1-2H3. The molecule has 0 spiro atoms. The Morgan fingerprint density at radius 2 is 1.90 bits per heavy atom. The fourth-order valence-corrected chi connectivity index (χ4v) is 2.75. The average molecular weight is 269 g/mol.